The Kier molecular flexibility index (Phi) is 7.55. The Balaban J connectivity index is 1.38. The lowest BCUT2D eigenvalue weighted by atomic mass is 10.2. The smallest absolute Gasteiger partial charge is 0.339 e. The van der Waals surface area contributed by atoms with E-state index in [1.807, 2.05) is 24.3 Å². The number of benzene rings is 4. The molecule has 0 aliphatic rings. The van der Waals surface area contributed by atoms with E-state index in [9.17, 15) is 19.8 Å². The van der Waals surface area contributed by atoms with E-state index in [2.05, 4.69) is 20.5 Å². The van der Waals surface area contributed by atoms with Gasteiger partial charge in [-0.25, -0.2) is 9.59 Å². The van der Waals surface area contributed by atoms with Gasteiger partial charge in [0.1, 0.15) is 22.6 Å². The maximum atomic E-state index is 11.1. The second kappa shape index (κ2) is 11.1. The Morgan fingerprint density at radius 1 is 0.514 bits per heavy atom. The molecule has 0 radical (unpaired) electrons. The molecule has 0 saturated heterocycles. The van der Waals surface area contributed by atoms with Crippen LogP contribution in [-0.2, 0) is 0 Å². The number of carbonyl (C=O) groups is 2. The fourth-order valence-electron chi connectivity index (χ4n) is 3.04. The van der Waals surface area contributed by atoms with Crippen LogP contribution < -0.4 is 0 Å². The molecule has 4 aromatic rings. The van der Waals surface area contributed by atoms with E-state index in [0.717, 1.165) is 9.79 Å². The summed E-state index contributed by atoms with van der Waals surface area (Å²) in [6, 6.07) is 22.5. The lowest BCUT2D eigenvalue weighted by Gasteiger charge is -2.03. The summed E-state index contributed by atoms with van der Waals surface area (Å²) in [7, 11) is 0. The summed E-state index contributed by atoms with van der Waals surface area (Å²) in [5.74, 6) is -3.18. The van der Waals surface area contributed by atoms with Gasteiger partial charge in [0.2, 0.25) is 0 Å². The molecular weight excluding hydrogens is 496 g/mol. The molecule has 0 spiro atoms. The largest absolute Gasteiger partial charge is 0.507 e. The first kappa shape index (κ1) is 25.1. The van der Waals surface area contributed by atoms with E-state index in [-0.39, 0.29) is 22.6 Å². The molecule has 4 rings (SSSR count). The van der Waals surface area contributed by atoms with Crippen LogP contribution in [0.1, 0.15) is 20.7 Å². The molecule has 0 saturated carbocycles. The Labute approximate surface area is 214 Å². The molecular formula is C26H18N4O6S. The zero-order chi connectivity index (χ0) is 26.4. The van der Waals surface area contributed by atoms with Crippen molar-refractivity contribution < 1.29 is 30.0 Å². The summed E-state index contributed by atoms with van der Waals surface area (Å²) in [5.41, 5.74) is 1.26. The van der Waals surface area contributed by atoms with Crippen LogP contribution in [0.2, 0.25) is 0 Å². The van der Waals surface area contributed by atoms with Crippen LogP contribution in [0.4, 0.5) is 22.7 Å². The molecule has 0 heterocycles. The molecule has 0 aliphatic heterocycles. The Morgan fingerprint density at radius 3 is 1.19 bits per heavy atom. The average Bonchev–Trinajstić information content (AvgIpc) is 2.89. The molecule has 0 aliphatic carbocycles. The van der Waals surface area contributed by atoms with Gasteiger partial charge in [0.25, 0.3) is 0 Å². The number of hydrogen-bond donors (Lipinski definition) is 4. The van der Waals surface area contributed by atoms with Gasteiger partial charge in [0.15, 0.2) is 0 Å². The van der Waals surface area contributed by atoms with Crippen LogP contribution in [0.15, 0.2) is 115 Å². The lowest BCUT2D eigenvalue weighted by molar-refractivity contribution is 0.0682. The van der Waals surface area contributed by atoms with E-state index in [4.69, 9.17) is 10.2 Å². The minimum atomic E-state index is -1.25. The summed E-state index contributed by atoms with van der Waals surface area (Å²) < 4.78 is 0. The zero-order valence-electron chi connectivity index (χ0n) is 18.9. The third-order valence-electron chi connectivity index (χ3n) is 4.89. The molecule has 0 fully saturated rings. The van der Waals surface area contributed by atoms with Gasteiger partial charge in [-0.05, 0) is 84.9 Å². The third kappa shape index (κ3) is 6.55. The molecule has 4 N–H and O–H groups in total. The SMILES string of the molecule is O=C(O)c1cc(N=Nc2ccc(Sc3ccc(N=Nc4ccc(O)c(C(=O)O)c4)cc3)cc2)ccc1O. The van der Waals surface area contributed by atoms with Gasteiger partial charge in [-0.3, -0.25) is 0 Å². The predicted molar refractivity (Wildman–Crippen MR) is 135 cm³/mol. The van der Waals surface area contributed by atoms with E-state index in [0.29, 0.717) is 22.7 Å². The summed E-state index contributed by atoms with van der Waals surface area (Å²) in [6.45, 7) is 0. The zero-order valence-corrected chi connectivity index (χ0v) is 19.7. The number of hydrogen-bond acceptors (Lipinski definition) is 9. The van der Waals surface area contributed by atoms with Crippen molar-refractivity contribution in [2.45, 2.75) is 9.79 Å². The maximum Gasteiger partial charge on any atom is 0.339 e. The van der Waals surface area contributed by atoms with Crippen LogP contribution in [0.5, 0.6) is 11.5 Å². The van der Waals surface area contributed by atoms with Gasteiger partial charge < -0.3 is 20.4 Å². The maximum absolute atomic E-state index is 11.1. The second-order valence-electron chi connectivity index (χ2n) is 7.50. The molecule has 10 nitrogen and oxygen atoms in total. The molecule has 4 aromatic carbocycles. The summed E-state index contributed by atoms with van der Waals surface area (Å²) in [4.78, 5) is 24.1. The minimum Gasteiger partial charge on any atom is -0.507 e. The summed E-state index contributed by atoms with van der Waals surface area (Å²) >= 11 is 1.52. The van der Waals surface area contributed by atoms with E-state index in [1.54, 1.807) is 24.3 Å². The third-order valence-corrected chi connectivity index (χ3v) is 5.91. The molecule has 0 unspecified atom stereocenters. The van der Waals surface area contributed by atoms with Crippen LogP contribution in [0.25, 0.3) is 0 Å². The first-order valence-corrected chi connectivity index (χ1v) is 11.4. The number of carboxylic acid groups (broad SMARTS) is 2. The molecule has 184 valence electrons. The minimum absolute atomic E-state index is 0.247. The molecule has 0 atom stereocenters. The second-order valence-corrected chi connectivity index (χ2v) is 8.65. The van der Waals surface area contributed by atoms with Crippen molar-refractivity contribution in [3.63, 3.8) is 0 Å². The number of nitrogens with zero attached hydrogens (tertiary/aromatic N) is 4. The number of carboxylic acids is 2. The highest BCUT2D eigenvalue weighted by molar-refractivity contribution is 7.99. The molecule has 11 heteroatoms. The quantitative estimate of drug-likeness (QED) is 0.177. The van der Waals surface area contributed by atoms with Crippen LogP contribution in [0, 0.1) is 0 Å². The van der Waals surface area contributed by atoms with Crippen molar-refractivity contribution in [3.05, 3.63) is 96.1 Å². The molecule has 0 bridgehead atoms. The van der Waals surface area contributed by atoms with Crippen LogP contribution in [-0.4, -0.2) is 32.4 Å². The average molecular weight is 515 g/mol. The van der Waals surface area contributed by atoms with Crippen LogP contribution >= 0.6 is 11.8 Å². The monoisotopic (exact) mass is 514 g/mol. The number of phenols is 2. The van der Waals surface area contributed by atoms with E-state index >= 15 is 0 Å². The standard InChI is InChI=1S/C26H18N4O6S/c31-23-11-5-17(13-21(23)25(33)34)29-27-15-1-7-19(8-2-15)37-20-9-3-16(4-10-20)28-30-18-6-12-24(32)22(14-18)26(35)36/h1-14,31-32H,(H,33,34)(H,35,36). The van der Waals surface area contributed by atoms with Crippen molar-refractivity contribution in [1.82, 2.24) is 0 Å². The first-order valence-electron chi connectivity index (χ1n) is 10.6. The van der Waals surface area contributed by atoms with Crippen LogP contribution in [0.3, 0.4) is 0 Å². The topological polar surface area (TPSA) is 164 Å². The van der Waals surface area contributed by atoms with Gasteiger partial charge in [0.05, 0.1) is 22.7 Å². The fraction of sp³-hybridized carbons (Fsp3) is 0. The van der Waals surface area contributed by atoms with Gasteiger partial charge in [-0.2, -0.15) is 20.5 Å². The van der Waals surface area contributed by atoms with Crippen molar-refractivity contribution in [2.75, 3.05) is 0 Å². The van der Waals surface area contributed by atoms with Gasteiger partial charge >= 0.3 is 11.9 Å². The molecule has 37 heavy (non-hydrogen) atoms. The first-order chi connectivity index (χ1) is 17.8. The Morgan fingerprint density at radius 2 is 0.838 bits per heavy atom. The summed E-state index contributed by atoms with van der Waals surface area (Å²) in [6.07, 6.45) is 0. The Bertz CT molecular complexity index is 1400. The van der Waals surface area contributed by atoms with E-state index < -0.39 is 11.9 Å². The predicted octanol–water partition coefficient (Wildman–Crippen LogP) is 7.48. The molecule has 0 amide bonds. The number of rotatable bonds is 8. The highest BCUT2D eigenvalue weighted by Gasteiger charge is 2.11. The Hall–Kier alpha value is -5.03. The van der Waals surface area contributed by atoms with Crippen molar-refractivity contribution in [1.29, 1.82) is 0 Å². The number of aromatic carboxylic acids is 2. The van der Waals surface area contributed by atoms with Gasteiger partial charge in [0, 0.05) is 9.79 Å². The highest BCUT2D eigenvalue weighted by Crippen LogP contribution is 2.32. The number of azo groups is 2. The summed E-state index contributed by atoms with van der Waals surface area (Å²) in [5, 5.41) is 53.6. The fourth-order valence-corrected chi connectivity index (χ4v) is 3.86. The van der Waals surface area contributed by atoms with E-state index in [1.165, 1.54) is 48.2 Å². The van der Waals surface area contributed by atoms with Crippen molar-refractivity contribution in [3.8, 4) is 11.5 Å². The van der Waals surface area contributed by atoms with Crippen molar-refractivity contribution in [2.24, 2.45) is 20.5 Å². The van der Waals surface area contributed by atoms with Gasteiger partial charge in [-0.15, -0.1) is 0 Å². The van der Waals surface area contributed by atoms with Gasteiger partial charge in [-0.1, -0.05) is 11.8 Å². The normalized spacial score (nSPS) is 11.2. The van der Waals surface area contributed by atoms with Crippen molar-refractivity contribution >= 4 is 46.5 Å². The lowest BCUT2D eigenvalue weighted by Crippen LogP contribution is -1.95. The molecule has 0 aromatic heterocycles. The number of aromatic hydroxyl groups is 2. The highest BCUT2D eigenvalue weighted by atomic mass is 32.2.